The minimum atomic E-state index is -4.34. The average molecular weight is 215 g/mol. The van der Waals surface area contributed by atoms with E-state index in [1.54, 1.807) is 12.1 Å². The number of nitrogens with one attached hydrogen (secondary N) is 1. The number of halogens is 3. The maximum absolute atomic E-state index is 12.5. The van der Waals surface area contributed by atoms with Crippen LogP contribution in [0.2, 0.25) is 0 Å². The van der Waals surface area contributed by atoms with Crippen LogP contribution in [0.25, 0.3) is 10.9 Å². The zero-order chi connectivity index (χ0) is 11.1. The molecule has 1 aromatic carbocycles. The molecule has 1 heterocycles. The van der Waals surface area contributed by atoms with Crippen LogP contribution in [0, 0.1) is 0 Å². The lowest BCUT2D eigenvalue weighted by Crippen LogP contribution is -2.03. The smallest absolute Gasteiger partial charge is 0.418 e. The summed E-state index contributed by atoms with van der Waals surface area (Å²) in [6.45, 7) is 0. The monoisotopic (exact) mass is 215 g/mol. The highest BCUT2D eigenvalue weighted by Crippen LogP contribution is 2.35. The first-order valence-electron chi connectivity index (χ1n) is 4.24. The molecule has 0 saturated carbocycles. The van der Waals surface area contributed by atoms with E-state index < -0.39 is 11.7 Å². The Morgan fingerprint density at radius 2 is 2.00 bits per heavy atom. The quantitative estimate of drug-likeness (QED) is 0.776. The van der Waals surface area contributed by atoms with Crippen molar-refractivity contribution in [3.05, 3.63) is 30.0 Å². The third-order valence-electron chi connectivity index (χ3n) is 2.19. The molecule has 2 nitrogen and oxygen atoms in total. The normalized spacial score (nSPS) is 12.0. The van der Waals surface area contributed by atoms with Crippen LogP contribution in [0.4, 0.5) is 13.2 Å². The van der Waals surface area contributed by atoms with E-state index in [4.69, 9.17) is 4.74 Å². The molecule has 0 bridgehead atoms. The molecule has 80 valence electrons. The molecule has 1 aromatic heterocycles. The molecule has 0 spiro atoms. The summed E-state index contributed by atoms with van der Waals surface area (Å²) in [5.74, 6) is 0.410. The van der Waals surface area contributed by atoms with E-state index in [2.05, 4.69) is 4.98 Å². The molecule has 0 aliphatic heterocycles. The van der Waals surface area contributed by atoms with Crippen molar-refractivity contribution in [1.29, 1.82) is 0 Å². The molecule has 0 atom stereocenters. The van der Waals surface area contributed by atoms with Crippen LogP contribution >= 0.6 is 0 Å². The van der Waals surface area contributed by atoms with Gasteiger partial charge in [-0.25, -0.2) is 0 Å². The van der Waals surface area contributed by atoms with Crippen LogP contribution in [0.15, 0.2) is 24.4 Å². The number of H-pyrrole nitrogens is 1. The molecule has 5 heteroatoms. The largest absolute Gasteiger partial charge is 0.497 e. The molecule has 1 N–H and O–H groups in total. The van der Waals surface area contributed by atoms with Gasteiger partial charge < -0.3 is 9.72 Å². The van der Waals surface area contributed by atoms with Crippen molar-refractivity contribution >= 4 is 10.9 Å². The van der Waals surface area contributed by atoms with E-state index >= 15 is 0 Å². The summed E-state index contributed by atoms with van der Waals surface area (Å²) in [6.07, 6.45) is -3.38. The van der Waals surface area contributed by atoms with Gasteiger partial charge in [0.1, 0.15) is 5.75 Å². The van der Waals surface area contributed by atoms with Crippen LogP contribution in [0.1, 0.15) is 5.56 Å². The molecule has 2 rings (SSSR count). The molecule has 2 aromatic rings. The minimum absolute atomic E-state index is 0.127. The Hall–Kier alpha value is -1.65. The fourth-order valence-electron chi connectivity index (χ4n) is 1.46. The van der Waals surface area contributed by atoms with Crippen molar-refractivity contribution < 1.29 is 17.9 Å². The fraction of sp³-hybridized carbons (Fsp3) is 0.200. The van der Waals surface area contributed by atoms with E-state index in [1.807, 2.05) is 0 Å². The van der Waals surface area contributed by atoms with Crippen molar-refractivity contribution in [2.75, 3.05) is 7.11 Å². The van der Waals surface area contributed by atoms with Crippen molar-refractivity contribution in [3.63, 3.8) is 0 Å². The standard InChI is InChI=1S/C10H8F3NO/c1-15-6-2-3-9-7(4-6)8(5-14-9)10(11,12)13/h2-5,14H,1H3. The van der Waals surface area contributed by atoms with Gasteiger partial charge in [0.15, 0.2) is 0 Å². The Morgan fingerprint density at radius 1 is 1.27 bits per heavy atom. The molecule has 0 radical (unpaired) electrons. The van der Waals surface area contributed by atoms with Crippen LogP contribution in [-0.4, -0.2) is 12.1 Å². The third-order valence-corrected chi connectivity index (χ3v) is 2.19. The van der Waals surface area contributed by atoms with Crippen LogP contribution in [-0.2, 0) is 6.18 Å². The summed E-state index contributed by atoms with van der Waals surface area (Å²) >= 11 is 0. The molecular weight excluding hydrogens is 207 g/mol. The first-order chi connectivity index (χ1) is 7.02. The van der Waals surface area contributed by atoms with Gasteiger partial charge in [-0.05, 0) is 18.2 Å². The van der Waals surface area contributed by atoms with E-state index in [-0.39, 0.29) is 5.39 Å². The number of ether oxygens (including phenoxy) is 1. The number of hydrogen-bond donors (Lipinski definition) is 1. The van der Waals surface area contributed by atoms with Crippen molar-refractivity contribution in [2.24, 2.45) is 0 Å². The molecule has 0 amide bonds. The van der Waals surface area contributed by atoms with Crippen molar-refractivity contribution in [2.45, 2.75) is 6.18 Å². The SMILES string of the molecule is COc1ccc2[nH]cc(C(F)(F)F)c2c1. The molecule has 0 fully saturated rings. The number of aromatic nitrogens is 1. The zero-order valence-electron chi connectivity index (χ0n) is 7.85. The first-order valence-corrected chi connectivity index (χ1v) is 4.24. The van der Waals surface area contributed by atoms with Gasteiger partial charge in [0.05, 0.1) is 12.7 Å². The summed E-state index contributed by atoms with van der Waals surface area (Å²) < 4.78 is 42.5. The van der Waals surface area contributed by atoms with Gasteiger partial charge >= 0.3 is 6.18 Å². The summed E-state index contributed by atoms with van der Waals surface area (Å²) in [4.78, 5) is 2.57. The second-order valence-corrected chi connectivity index (χ2v) is 3.11. The number of aromatic amines is 1. The Bertz CT molecular complexity index is 487. The predicted octanol–water partition coefficient (Wildman–Crippen LogP) is 3.20. The van der Waals surface area contributed by atoms with Gasteiger partial charge in [-0.3, -0.25) is 0 Å². The van der Waals surface area contributed by atoms with Gasteiger partial charge in [-0.2, -0.15) is 13.2 Å². The molecule has 0 unspecified atom stereocenters. The number of rotatable bonds is 1. The Labute approximate surface area is 83.7 Å². The fourth-order valence-corrected chi connectivity index (χ4v) is 1.46. The van der Waals surface area contributed by atoms with Crippen molar-refractivity contribution in [3.8, 4) is 5.75 Å². The van der Waals surface area contributed by atoms with Crippen LogP contribution in [0.5, 0.6) is 5.75 Å². The van der Waals surface area contributed by atoms with E-state index in [1.165, 1.54) is 13.2 Å². The lowest BCUT2D eigenvalue weighted by Gasteiger charge is -2.05. The van der Waals surface area contributed by atoms with Gasteiger partial charge in [-0.15, -0.1) is 0 Å². The average Bonchev–Trinajstić information content (AvgIpc) is 2.59. The molecule has 15 heavy (non-hydrogen) atoms. The number of fused-ring (bicyclic) bond motifs is 1. The highest BCUT2D eigenvalue weighted by molar-refractivity contribution is 5.85. The summed E-state index contributed by atoms with van der Waals surface area (Å²) in [5, 5.41) is 0.127. The zero-order valence-corrected chi connectivity index (χ0v) is 7.85. The van der Waals surface area contributed by atoms with Crippen LogP contribution in [0.3, 0.4) is 0 Å². The molecule has 0 saturated heterocycles. The topological polar surface area (TPSA) is 25.0 Å². The molecule has 0 aliphatic rings. The maximum Gasteiger partial charge on any atom is 0.418 e. The maximum atomic E-state index is 12.5. The lowest BCUT2D eigenvalue weighted by atomic mass is 10.1. The minimum Gasteiger partial charge on any atom is -0.497 e. The second-order valence-electron chi connectivity index (χ2n) is 3.11. The highest BCUT2D eigenvalue weighted by atomic mass is 19.4. The van der Waals surface area contributed by atoms with Gasteiger partial charge in [0, 0.05) is 17.1 Å². The number of benzene rings is 1. The first kappa shape index (κ1) is 9.89. The Morgan fingerprint density at radius 3 is 2.60 bits per heavy atom. The lowest BCUT2D eigenvalue weighted by molar-refractivity contribution is -0.136. The molecular formula is C10H8F3NO. The number of methoxy groups -OCH3 is 1. The number of alkyl halides is 3. The van der Waals surface area contributed by atoms with Gasteiger partial charge in [0.25, 0.3) is 0 Å². The van der Waals surface area contributed by atoms with E-state index in [0.717, 1.165) is 6.20 Å². The highest BCUT2D eigenvalue weighted by Gasteiger charge is 2.33. The summed E-state index contributed by atoms with van der Waals surface area (Å²) in [7, 11) is 1.42. The summed E-state index contributed by atoms with van der Waals surface area (Å²) in [5.41, 5.74) is -0.223. The second kappa shape index (κ2) is 3.18. The Balaban J connectivity index is 2.67. The van der Waals surface area contributed by atoms with E-state index in [0.29, 0.717) is 11.3 Å². The molecule has 0 aliphatic carbocycles. The third kappa shape index (κ3) is 1.65. The van der Waals surface area contributed by atoms with Gasteiger partial charge in [-0.1, -0.05) is 0 Å². The van der Waals surface area contributed by atoms with Crippen molar-refractivity contribution in [1.82, 2.24) is 4.98 Å². The van der Waals surface area contributed by atoms with Crippen LogP contribution < -0.4 is 4.74 Å². The van der Waals surface area contributed by atoms with E-state index in [9.17, 15) is 13.2 Å². The summed E-state index contributed by atoms with van der Waals surface area (Å²) in [6, 6.07) is 4.54. The predicted molar refractivity (Wildman–Crippen MR) is 49.9 cm³/mol. The number of hydrogen-bond acceptors (Lipinski definition) is 1. The Kier molecular flexibility index (Phi) is 2.10. The van der Waals surface area contributed by atoms with Gasteiger partial charge in [0.2, 0.25) is 0 Å².